The van der Waals surface area contributed by atoms with Crippen molar-refractivity contribution in [2.45, 2.75) is 16.2 Å². The first-order valence-corrected chi connectivity index (χ1v) is 10.3. The number of amides is 2. The van der Waals surface area contributed by atoms with Gasteiger partial charge in [0.2, 0.25) is 11.8 Å². The lowest BCUT2D eigenvalue weighted by Crippen LogP contribution is -2.20. The van der Waals surface area contributed by atoms with Crippen LogP contribution in [0.2, 0.25) is 0 Å². The van der Waals surface area contributed by atoms with E-state index in [1.54, 1.807) is 6.07 Å². The fourth-order valence-corrected chi connectivity index (χ4v) is 4.44. The molecule has 0 spiro atoms. The second kappa shape index (κ2) is 7.46. The molecule has 3 rings (SSSR count). The van der Waals surface area contributed by atoms with Gasteiger partial charge in [0.1, 0.15) is 5.82 Å². The monoisotopic (exact) mass is 394 g/mol. The van der Waals surface area contributed by atoms with Crippen molar-refractivity contribution in [3.63, 3.8) is 0 Å². The maximum Gasteiger partial charge on any atom is 0.234 e. The Labute approximate surface area is 154 Å². The Morgan fingerprint density at radius 3 is 2.81 bits per heavy atom. The highest BCUT2D eigenvalue weighted by Gasteiger charge is 2.21. The van der Waals surface area contributed by atoms with Crippen molar-refractivity contribution in [2.24, 2.45) is 0 Å². The number of sulfone groups is 1. The Morgan fingerprint density at radius 1 is 1.23 bits per heavy atom. The maximum atomic E-state index is 13.1. The van der Waals surface area contributed by atoms with Gasteiger partial charge in [0, 0.05) is 17.0 Å². The van der Waals surface area contributed by atoms with E-state index in [2.05, 4.69) is 10.6 Å². The highest BCUT2D eigenvalue weighted by Crippen LogP contribution is 2.33. The second-order valence-corrected chi connectivity index (χ2v) is 8.75. The summed E-state index contributed by atoms with van der Waals surface area (Å²) in [7, 11) is -3.70. The minimum absolute atomic E-state index is 0.0394. The minimum Gasteiger partial charge on any atom is -0.326 e. The molecule has 26 heavy (non-hydrogen) atoms. The van der Waals surface area contributed by atoms with E-state index in [0.717, 1.165) is 11.0 Å². The summed E-state index contributed by atoms with van der Waals surface area (Å²) >= 11 is 1.34. The normalized spacial score (nSPS) is 13.7. The Kier molecular flexibility index (Phi) is 5.28. The SMILES string of the molecule is O=C(CCS(=O)(=O)c1ccc2c(c1)NC(=O)CS2)Nc1cccc(F)c1. The van der Waals surface area contributed by atoms with Gasteiger partial charge in [-0.2, -0.15) is 0 Å². The van der Waals surface area contributed by atoms with Crippen LogP contribution in [0.25, 0.3) is 0 Å². The van der Waals surface area contributed by atoms with Gasteiger partial charge < -0.3 is 10.6 Å². The van der Waals surface area contributed by atoms with Crippen LogP contribution in [0.1, 0.15) is 6.42 Å². The van der Waals surface area contributed by atoms with Crippen molar-refractivity contribution < 1.29 is 22.4 Å². The largest absolute Gasteiger partial charge is 0.326 e. The number of nitrogens with one attached hydrogen (secondary N) is 2. The van der Waals surface area contributed by atoms with Crippen LogP contribution in [0.3, 0.4) is 0 Å². The third-order valence-electron chi connectivity index (χ3n) is 3.65. The number of halogens is 1. The first-order chi connectivity index (χ1) is 12.3. The molecule has 1 heterocycles. The molecule has 1 aliphatic rings. The zero-order chi connectivity index (χ0) is 18.7. The number of benzene rings is 2. The van der Waals surface area contributed by atoms with Gasteiger partial charge in [-0.05, 0) is 36.4 Å². The van der Waals surface area contributed by atoms with Gasteiger partial charge in [0.15, 0.2) is 9.84 Å². The first-order valence-electron chi connectivity index (χ1n) is 7.68. The molecule has 9 heteroatoms. The Morgan fingerprint density at radius 2 is 2.04 bits per heavy atom. The molecule has 2 aromatic rings. The van der Waals surface area contributed by atoms with Crippen molar-refractivity contribution in [3.05, 3.63) is 48.3 Å². The lowest BCUT2D eigenvalue weighted by atomic mass is 10.3. The number of carbonyl (C=O) groups is 2. The van der Waals surface area contributed by atoms with Crippen LogP contribution in [-0.4, -0.2) is 31.7 Å². The third kappa shape index (κ3) is 4.41. The van der Waals surface area contributed by atoms with Crippen LogP contribution in [0.5, 0.6) is 0 Å². The van der Waals surface area contributed by atoms with Gasteiger partial charge in [-0.1, -0.05) is 6.07 Å². The van der Waals surface area contributed by atoms with Gasteiger partial charge in [0.05, 0.1) is 22.1 Å². The first kappa shape index (κ1) is 18.4. The predicted molar refractivity (Wildman–Crippen MR) is 97.5 cm³/mol. The van der Waals surface area contributed by atoms with Crippen molar-refractivity contribution in [2.75, 3.05) is 22.1 Å². The molecule has 2 N–H and O–H groups in total. The molecule has 6 nitrogen and oxygen atoms in total. The average molecular weight is 394 g/mol. The summed E-state index contributed by atoms with van der Waals surface area (Å²) in [5.74, 6) is -1.31. The van der Waals surface area contributed by atoms with Crippen LogP contribution in [-0.2, 0) is 19.4 Å². The number of carbonyl (C=O) groups excluding carboxylic acids is 2. The smallest absolute Gasteiger partial charge is 0.234 e. The molecule has 0 saturated carbocycles. The number of anilines is 2. The molecule has 0 saturated heterocycles. The zero-order valence-corrected chi connectivity index (χ0v) is 15.1. The summed E-state index contributed by atoms with van der Waals surface area (Å²) in [5.41, 5.74) is 0.720. The van der Waals surface area contributed by atoms with E-state index in [1.165, 1.54) is 42.1 Å². The number of hydrogen-bond acceptors (Lipinski definition) is 5. The van der Waals surface area contributed by atoms with E-state index in [-0.39, 0.29) is 22.9 Å². The molecule has 1 aliphatic heterocycles. The van der Waals surface area contributed by atoms with E-state index in [1.807, 2.05) is 0 Å². The van der Waals surface area contributed by atoms with E-state index in [9.17, 15) is 22.4 Å². The molecule has 0 aliphatic carbocycles. The van der Waals surface area contributed by atoms with E-state index in [0.29, 0.717) is 11.4 Å². The lowest BCUT2D eigenvalue weighted by molar-refractivity contribution is -0.116. The van der Waals surface area contributed by atoms with Gasteiger partial charge in [-0.3, -0.25) is 9.59 Å². The van der Waals surface area contributed by atoms with Crippen LogP contribution in [0.15, 0.2) is 52.3 Å². The van der Waals surface area contributed by atoms with Crippen molar-refractivity contribution in [1.29, 1.82) is 0 Å². The summed E-state index contributed by atoms with van der Waals surface area (Å²) in [5, 5.41) is 5.09. The number of hydrogen-bond donors (Lipinski definition) is 2. The molecule has 136 valence electrons. The van der Waals surface area contributed by atoms with Crippen molar-refractivity contribution in [3.8, 4) is 0 Å². The van der Waals surface area contributed by atoms with Gasteiger partial charge in [-0.25, -0.2) is 12.8 Å². The summed E-state index contributed by atoms with van der Waals surface area (Å²) in [6, 6.07) is 9.85. The van der Waals surface area contributed by atoms with Crippen molar-refractivity contribution in [1.82, 2.24) is 0 Å². The van der Waals surface area contributed by atoms with Gasteiger partial charge in [-0.15, -0.1) is 11.8 Å². The molecular formula is C17H15FN2O4S2. The average Bonchev–Trinajstić information content (AvgIpc) is 2.59. The van der Waals surface area contributed by atoms with Crippen LogP contribution in [0.4, 0.5) is 15.8 Å². The molecule has 2 aromatic carbocycles. The molecule has 0 atom stereocenters. The van der Waals surface area contributed by atoms with E-state index >= 15 is 0 Å². The molecule has 0 bridgehead atoms. The maximum absolute atomic E-state index is 13.1. The molecule has 0 unspecified atom stereocenters. The number of rotatable bonds is 5. The Hall–Kier alpha value is -2.39. The Balaban J connectivity index is 1.66. The fraction of sp³-hybridized carbons (Fsp3) is 0.176. The molecule has 0 fully saturated rings. The standard InChI is InChI=1S/C17H15FN2O4S2/c18-11-2-1-3-12(8-11)19-16(21)6-7-26(23,24)13-4-5-15-14(9-13)20-17(22)10-25-15/h1-5,8-9H,6-7,10H2,(H,19,21)(H,20,22). The minimum atomic E-state index is -3.70. The highest BCUT2D eigenvalue weighted by atomic mass is 32.2. The fourth-order valence-electron chi connectivity index (χ4n) is 2.39. The lowest BCUT2D eigenvalue weighted by Gasteiger charge is -2.17. The molecule has 0 aromatic heterocycles. The van der Waals surface area contributed by atoms with Crippen LogP contribution >= 0.6 is 11.8 Å². The summed E-state index contributed by atoms with van der Waals surface area (Å²) in [6.07, 6.45) is -0.267. The summed E-state index contributed by atoms with van der Waals surface area (Å²) < 4.78 is 38.0. The molecule has 0 radical (unpaired) electrons. The summed E-state index contributed by atoms with van der Waals surface area (Å²) in [6.45, 7) is 0. The van der Waals surface area contributed by atoms with Crippen LogP contribution < -0.4 is 10.6 Å². The second-order valence-electron chi connectivity index (χ2n) is 5.62. The quantitative estimate of drug-likeness (QED) is 0.813. The number of thioether (sulfide) groups is 1. The van der Waals surface area contributed by atoms with Gasteiger partial charge >= 0.3 is 0 Å². The van der Waals surface area contributed by atoms with E-state index < -0.39 is 27.3 Å². The molecule has 2 amide bonds. The highest BCUT2D eigenvalue weighted by molar-refractivity contribution is 8.00. The molecular weight excluding hydrogens is 379 g/mol. The predicted octanol–water partition coefficient (Wildman–Crippen LogP) is 2.67. The topological polar surface area (TPSA) is 92.3 Å². The Bertz CT molecular complexity index is 976. The number of fused-ring (bicyclic) bond motifs is 1. The zero-order valence-electron chi connectivity index (χ0n) is 13.5. The van der Waals surface area contributed by atoms with Crippen molar-refractivity contribution >= 4 is 44.8 Å². The van der Waals surface area contributed by atoms with E-state index in [4.69, 9.17) is 0 Å². The van der Waals surface area contributed by atoms with Crippen LogP contribution in [0, 0.1) is 5.82 Å². The third-order valence-corrected chi connectivity index (χ3v) is 6.44. The van der Waals surface area contributed by atoms with Gasteiger partial charge in [0.25, 0.3) is 0 Å². The summed E-state index contributed by atoms with van der Waals surface area (Å²) in [4.78, 5) is 24.2.